The molecule has 0 fully saturated rings. The number of pyridine rings is 1. The third-order valence-corrected chi connectivity index (χ3v) is 3.51. The van der Waals surface area contributed by atoms with Crippen molar-refractivity contribution in [1.29, 1.82) is 0 Å². The maximum absolute atomic E-state index is 12.1. The Morgan fingerprint density at radius 2 is 2.00 bits per heavy atom. The number of para-hydroxylation sites is 1. The SMILES string of the molecule is O=C(Cn1ncc(=O)c2ccccc21)NCCc1cccnc1. The molecule has 0 aliphatic rings. The van der Waals surface area contributed by atoms with Crippen molar-refractivity contribution in [3.63, 3.8) is 0 Å². The Bertz CT molecular complexity index is 874. The van der Waals surface area contributed by atoms with E-state index in [1.54, 1.807) is 30.6 Å². The van der Waals surface area contributed by atoms with E-state index in [2.05, 4.69) is 15.4 Å². The van der Waals surface area contributed by atoms with Gasteiger partial charge < -0.3 is 5.32 Å². The topological polar surface area (TPSA) is 76.9 Å². The van der Waals surface area contributed by atoms with Gasteiger partial charge in [-0.15, -0.1) is 0 Å². The summed E-state index contributed by atoms with van der Waals surface area (Å²) in [5.74, 6) is -0.143. The zero-order valence-corrected chi connectivity index (χ0v) is 12.5. The highest BCUT2D eigenvalue weighted by Gasteiger charge is 2.07. The molecule has 0 aliphatic heterocycles. The molecule has 0 aliphatic carbocycles. The van der Waals surface area contributed by atoms with Crippen LogP contribution in [0.4, 0.5) is 0 Å². The van der Waals surface area contributed by atoms with Crippen LogP contribution < -0.4 is 10.7 Å². The smallest absolute Gasteiger partial charge is 0.241 e. The Hall–Kier alpha value is -3.02. The molecule has 0 spiro atoms. The summed E-state index contributed by atoms with van der Waals surface area (Å²) < 4.78 is 1.54. The highest BCUT2D eigenvalue weighted by molar-refractivity contribution is 5.81. The van der Waals surface area contributed by atoms with E-state index in [1.807, 2.05) is 18.2 Å². The molecule has 1 aromatic carbocycles. The highest BCUT2D eigenvalue weighted by atomic mass is 16.2. The van der Waals surface area contributed by atoms with Crippen molar-refractivity contribution < 1.29 is 4.79 Å². The first-order chi connectivity index (χ1) is 11.2. The first-order valence-electron chi connectivity index (χ1n) is 7.34. The Morgan fingerprint density at radius 1 is 1.13 bits per heavy atom. The molecule has 1 N–H and O–H groups in total. The Kier molecular flexibility index (Phi) is 4.42. The number of hydrogen-bond donors (Lipinski definition) is 1. The molecule has 3 aromatic rings. The van der Waals surface area contributed by atoms with Gasteiger partial charge in [-0.05, 0) is 30.2 Å². The average molecular weight is 308 g/mol. The molecule has 2 aromatic heterocycles. The summed E-state index contributed by atoms with van der Waals surface area (Å²) >= 11 is 0. The molecule has 1 amide bonds. The van der Waals surface area contributed by atoms with Crippen LogP contribution in [0, 0.1) is 0 Å². The van der Waals surface area contributed by atoms with Crippen LogP contribution in [0.2, 0.25) is 0 Å². The number of nitrogens with zero attached hydrogens (tertiary/aromatic N) is 3. The molecule has 3 rings (SSSR count). The van der Waals surface area contributed by atoms with Crippen molar-refractivity contribution in [2.45, 2.75) is 13.0 Å². The van der Waals surface area contributed by atoms with Gasteiger partial charge >= 0.3 is 0 Å². The van der Waals surface area contributed by atoms with Gasteiger partial charge in [0, 0.05) is 24.3 Å². The van der Waals surface area contributed by atoms with Crippen molar-refractivity contribution in [1.82, 2.24) is 20.1 Å². The lowest BCUT2D eigenvalue weighted by molar-refractivity contribution is -0.121. The molecule has 0 saturated carbocycles. The van der Waals surface area contributed by atoms with Crippen LogP contribution in [0.5, 0.6) is 0 Å². The summed E-state index contributed by atoms with van der Waals surface area (Å²) in [7, 11) is 0. The number of rotatable bonds is 5. The van der Waals surface area contributed by atoms with Gasteiger partial charge in [0.05, 0.1) is 11.7 Å². The molecule has 116 valence electrons. The van der Waals surface area contributed by atoms with Gasteiger partial charge in [0.1, 0.15) is 6.54 Å². The van der Waals surface area contributed by atoms with Gasteiger partial charge in [-0.1, -0.05) is 18.2 Å². The third kappa shape index (κ3) is 3.60. The molecule has 0 atom stereocenters. The monoisotopic (exact) mass is 308 g/mol. The standard InChI is InChI=1S/C17H16N4O2/c22-16-11-20-21(15-6-2-1-5-14(15)16)12-17(23)19-9-7-13-4-3-8-18-10-13/h1-6,8,10-11H,7,9,12H2,(H,19,23). The summed E-state index contributed by atoms with van der Waals surface area (Å²) in [5, 5.41) is 7.46. The molecule has 0 bridgehead atoms. The molecule has 0 saturated heterocycles. The Balaban J connectivity index is 1.64. The van der Waals surface area contributed by atoms with E-state index >= 15 is 0 Å². The fraction of sp³-hybridized carbons (Fsp3) is 0.176. The minimum atomic E-state index is -0.145. The van der Waals surface area contributed by atoms with Gasteiger partial charge in [0.2, 0.25) is 11.3 Å². The van der Waals surface area contributed by atoms with Crippen molar-refractivity contribution >= 4 is 16.8 Å². The van der Waals surface area contributed by atoms with E-state index in [-0.39, 0.29) is 17.9 Å². The molecule has 0 radical (unpaired) electrons. The number of carbonyl (C=O) groups excluding carboxylic acids is 1. The number of fused-ring (bicyclic) bond motifs is 1. The quantitative estimate of drug-likeness (QED) is 0.767. The van der Waals surface area contributed by atoms with Crippen LogP contribution in [0.15, 0.2) is 59.8 Å². The molecular formula is C17H16N4O2. The van der Waals surface area contributed by atoms with E-state index in [4.69, 9.17) is 0 Å². The summed E-state index contributed by atoms with van der Waals surface area (Å²) in [4.78, 5) is 27.9. The van der Waals surface area contributed by atoms with Crippen molar-refractivity contribution in [2.24, 2.45) is 0 Å². The number of hydrogen-bond acceptors (Lipinski definition) is 4. The minimum absolute atomic E-state index is 0.0772. The largest absolute Gasteiger partial charge is 0.354 e. The van der Waals surface area contributed by atoms with E-state index in [9.17, 15) is 9.59 Å². The zero-order valence-electron chi connectivity index (χ0n) is 12.5. The lowest BCUT2D eigenvalue weighted by atomic mass is 10.2. The maximum atomic E-state index is 12.1. The second-order valence-corrected chi connectivity index (χ2v) is 5.14. The molecule has 2 heterocycles. The van der Waals surface area contributed by atoms with Crippen LogP contribution in [-0.4, -0.2) is 27.2 Å². The minimum Gasteiger partial charge on any atom is -0.354 e. The molecular weight excluding hydrogens is 292 g/mol. The van der Waals surface area contributed by atoms with Gasteiger partial charge in [-0.2, -0.15) is 5.10 Å². The van der Waals surface area contributed by atoms with Crippen LogP contribution in [0.3, 0.4) is 0 Å². The van der Waals surface area contributed by atoms with E-state index in [0.717, 1.165) is 12.0 Å². The number of aromatic nitrogens is 3. The Labute approximate surface area is 132 Å². The Morgan fingerprint density at radius 3 is 2.83 bits per heavy atom. The first kappa shape index (κ1) is 14.9. The van der Waals surface area contributed by atoms with Crippen LogP contribution in [0.25, 0.3) is 10.9 Å². The lowest BCUT2D eigenvalue weighted by Gasteiger charge is -2.09. The predicted molar refractivity (Wildman–Crippen MR) is 87.0 cm³/mol. The van der Waals surface area contributed by atoms with Crippen molar-refractivity contribution in [3.05, 3.63) is 70.8 Å². The predicted octanol–water partition coefficient (Wildman–Crippen LogP) is 1.15. The summed E-state index contributed by atoms with van der Waals surface area (Å²) in [6.07, 6.45) is 5.46. The number of amides is 1. The molecule has 23 heavy (non-hydrogen) atoms. The first-order valence-corrected chi connectivity index (χ1v) is 7.34. The number of nitrogens with one attached hydrogen (secondary N) is 1. The molecule has 6 nitrogen and oxygen atoms in total. The van der Waals surface area contributed by atoms with E-state index in [1.165, 1.54) is 10.9 Å². The number of benzene rings is 1. The van der Waals surface area contributed by atoms with Crippen LogP contribution in [0.1, 0.15) is 5.56 Å². The van der Waals surface area contributed by atoms with E-state index in [0.29, 0.717) is 17.4 Å². The van der Waals surface area contributed by atoms with Crippen LogP contribution in [-0.2, 0) is 17.8 Å². The normalized spacial score (nSPS) is 10.6. The van der Waals surface area contributed by atoms with Gasteiger partial charge in [0.25, 0.3) is 0 Å². The highest BCUT2D eigenvalue weighted by Crippen LogP contribution is 2.07. The van der Waals surface area contributed by atoms with Gasteiger partial charge in [0.15, 0.2) is 0 Å². The van der Waals surface area contributed by atoms with Gasteiger partial charge in [-0.3, -0.25) is 19.3 Å². The summed E-state index contributed by atoms with van der Waals surface area (Å²) in [5.41, 5.74) is 1.58. The zero-order chi connectivity index (χ0) is 16.1. The van der Waals surface area contributed by atoms with Gasteiger partial charge in [-0.25, -0.2) is 0 Å². The van der Waals surface area contributed by atoms with Crippen LogP contribution >= 0.6 is 0 Å². The number of carbonyl (C=O) groups is 1. The third-order valence-electron chi connectivity index (χ3n) is 3.51. The summed E-state index contributed by atoms with van der Waals surface area (Å²) in [6, 6.07) is 11.0. The lowest BCUT2D eigenvalue weighted by Crippen LogP contribution is -2.30. The fourth-order valence-electron chi connectivity index (χ4n) is 2.37. The molecule has 0 unspecified atom stereocenters. The van der Waals surface area contributed by atoms with E-state index < -0.39 is 0 Å². The van der Waals surface area contributed by atoms with Crippen molar-refractivity contribution in [2.75, 3.05) is 6.54 Å². The maximum Gasteiger partial charge on any atom is 0.241 e. The second-order valence-electron chi connectivity index (χ2n) is 5.14. The summed E-state index contributed by atoms with van der Waals surface area (Å²) in [6.45, 7) is 0.608. The van der Waals surface area contributed by atoms with Crippen molar-refractivity contribution in [3.8, 4) is 0 Å². The fourth-order valence-corrected chi connectivity index (χ4v) is 2.37. The average Bonchev–Trinajstić information content (AvgIpc) is 2.59. The second kappa shape index (κ2) is 6.83. The molecule has 6 heteroatoms.